The normalized spacial score (nSPS) is 12.5. The summed E-state index contributed by atoms with van der Waals surface area (Å²) in [5, 5.41) is 0.714. The zero-order valence-electron chi connectivity index (χ0n) is 10.1. The molecule has 0 amide bonds. The van der Waals surface area contributed by atoms with Gasteiger partial charge in [-0.15, -0.1) is 0 Å². The van der Waals surface area contributed by atoms with Crippen LogP contribution in [0.5, 0.6) is 0 Å². The number of rotatable bonds is 2. The molecule has 0 heterocycles. The molecule has 2 aromatic carbocycles. The van der Waals surface area contributed by atoms with Gasteiger partial charge >= 0.3 is 0 Å². The minimum Gasteiger partial charge on any atom is -0.320 e. The van der Waals surface area contributed by atoms with Gasteiger partial charge in [0.1, 0.15) is 0 Å². The second-order valence-corrected chi connectivity index (χ2v) is 5.09. The Labute approximate surface area is 119 Å². The molecule has 5 heteroatoms. The minimum atomic E-state index is -0.992. The van der Waals surface area contributed by atoms with Crippen molar-refractivity contribution >= 4 is 23.2 Å². The molecule has 0 saturated carbocycles. The maximum absolute atomic E-state index is 13.3. The Morgan fingerprint density at radius 1 is 1.00 bits per heavy atom. The van der Waals surface area contributed by atoms with Crippen molar-refractivity contribution < 1.29 is 8.78 Å². The fraction of sp³-hybridized carbons (Fsp3) is 0.143. The Bertz CT molecular complexity index is 629. The lowest BCUT2D eigenvalue weighted by Crippen LogP contribution is -2.13. The lowest BCUT2D eigenvalue weighted by molar-refractivity contribution is 0.506. The lowest BCUT2D eigenvalue weighted by Gasteiger charge is -2.15. The molecule has 0 saturated heterocycles. The van der Waals surface area contributed by atoms with Crippen LogP contribution in [0.25, 0.3) is 0 Å². The summed E-state index contributed by atoms with van der Waals surface area (Å²) in [6.07, 6.45) is 0. The smallest absolute Gasteiger partial charge is 0.160 e. The van der Waals surface area contributed by atoms with Gasteiger partial charge < -0.3 is 5.73 Å². The highest BCUT2D eigenvalue weighted by atomic mass is 35.5. The predicted molar refractivity (Wildman–Crippen MR) is 73.6 cm³/mol. The topological polar surface area (TPSA) is 26.0 Å². The highest BCUT2D eigenvalue weighted by molar-refractivity contribution is 6.31. The number of nitrogens with two attached hydrogens (primary N) is 1. The maximum Gasteiger partial charge on any atom is 0.160 e. The third kappa shape index (κ3) is 2.89. The van der Waals surface area contributed by atoms with Crippen LogP contribution < -0.4 is 5.73 Å². The average Bonchev–Trinajstić information content (AvgIpc) is 2.36. The van der Waals surface area contributed by atoms with E-state index in [4.69, 9.17) is 28.9 Å². The molecule has 0 aliphatic heterocycles. The van der Waals surface area contributed by atoms with Crippen molar-refractivity contribution in [2.24, 2.45) is 5.73 Å². The molecule has 0 fully saturated rings. The first-order valence-corrected chi connectivity index (χ1v) is 6.32. The molecule has 2 N–H and O–H groups in total. The number of benzene rings is 2. The predicted octanol–water partition coefficient (Wildman–Crippen LogP) is 4.63. The summed E-state index contributed by atoms with van der Waals surface area (Å²) >= 11 is 11.8. The number of hydrogen-bond donors (Lipinski definition) is 1. The van der Waals surface area contributed by atoms with Gasteiger partial charge in [0.2, 0.25) is 0 Å². The first-order chi connectivity index (χ1) is 8.90. The van der Waals surface area contributed by atoms with Crippen LogP contribution in [0.2, 0.25) is 10.0 Å². The summed E-state index contributed by atoms with van der Waals surface area (Å²) in [7, 11) is 0. The second kappa shape index (κ2) is 5.45. The molecule has 0 aliphatic rings. The van der Waals surface area contributed by atoms with Crippen molar-refractivity contribution in [2.45, 2.75) is 13.0 Å². The molecule has 0 bridgehead atoms. The summed E-state index contributed by atoms with van der Waals surface area (Å²) in [5.74, 6) is -1.96. The molecule has 0 aromatic heterocycles. The van der Waals surface area contributed by atoms with E-state index in [-0.39, 0.29) is 5.02 Å². The molecule has 1 nitrogen and oxygen atoms in total. The van der Waals surface area contributed by atoms with Gasteiger partial charge in [-0.3, -0.25) is 0 Å². The maximum atomic E-state index is 13.3. The van der Waals surface area contributed by atoms with Gasteiger partial charge in [0.05, 0.1) is 6.04 Å². The van der Waals surface area contributed by atoms with Crippen LogP contribution in [0.1, 0.15) is 22.7 Å². The van der Waals surface area contributed by atoms with E-state index in [1.54, 1.807) is 18.2 Å². The van der Waals surface area contributed by atoms with E-state index >= 15 is 0 Å². The molecule has 2 rings (SSSR count). The second-order valence-electron chi connectivity index (χ2n) is 4.27. The van der Waals surface area contributed by atoms with E-state index in [1.807, 2.05) is 6.92 Å². The average molecular weight is 302 g/mol. The molecule has 0 spiro atoms. The molecular weight excluding hydrogens is 291 g/mol. The molecular formula is C14H11Cl2F2N. The van der Waals surface area contributed by atoms with Crippen molar-refractivity contribution in [3.63, 3.8) is 0 Å². The minimum absolute atomic E-state index is 0.0963. The van der Waals surface area contributed by atoms with E-state index in [1.165, 1.54) is 0 Å². The first-order valence-electron chi connectivity index (χ1n) is 5.56. The molecule has 1 unspecified atom stereocenters. The third-order valence-electron chi connectivity index (χ3n) is 2.92. The van der Waals surface area contributed by atoms with Crippen LogP contribution in [0.4, 0.5) is 8.78 Å². The van der Waals surface area contributed by atoms with Crippen LogP contribution in [0.3, 0.4) is 0 Å². The first kappa shape index (κ1) is 14.3. The summed E-state index contributed by atoms with van der Waals surface area (Å²) in [4.78, 5) is 0. The van der Waals surface area contributed by atoms with Gasteiger partial charge in [-0.05, 0) is 41.8 Å². The molecule has 0 aliphatic carbocycles. The van der Waals surface area contributed by atoms with Crippen molar-refractivity contribution in [1.82, 2.24) is 0 Å². The van der Waals surface area contributed by atoms with Crippen LogP contribution in [0, 0.1) is 18.6 Å². The quantitative estimate of drug-likeness (QED) is 0.804. The summed E-state index contributed by atoms with van der Waals surface area (Å²) < 4.78 is 26.3. The van der Waals surface area contributed by atoms with Gasteiger partial charge in [0.15, 0.2) is 11.6 Å². The van der Waals surface area contributed by atoms with E-state index in [0.29, 0.717) is 10.6 Å². The van der Waals surface area contributed by atoms with Gasteiger partial charge in [0, 0.05) is 10.0 Å². The van der Waals surface area contributed by atoms with Gasteiger partial charge in [0.25, 0.3) is 0 Å². The van der Waals surface area contributed by atoms with Crippen LogP contribution in [-0.2, 0) is 0 Å². The molecule has 2 aromatic rings. The van der Waals surface area contributed by atoms with Crippen molar-refractivity contribution in [3.8, 4) is 0 Å². The Hall–Kier alpha value is -1.16. The zero-order chi connectivity index (χ0) is 14.2. The van der Waals surface area contributed by atoms with Crippen molar-refractivity contribution in [2.75, 3.05) is 0 Å². The highest BCUT2D eigenvalue weighted by Crippen LogP contribution is 2.30. The summed E-state index contributed by atoms with van der Waals surface area (Å²) in [5.41, 5.74) is 7.96. The molecule has 100 valence electrons. The van der Waals surface area contributed by atoms with Gasteiger partial charge in [-0.25, -0.2) is 8.78 Å². The zero-order valence-corrected chi connectivity index (χ0v) is 11.6. The highest BCUT2D eigenvalue weighted by Gasteiger charge is 2.16. The number of hydrogen-bond acceptors (Lipinski definition) is 1. The molecule has 1 atom stereocenters. The van der Waals surface area contributed by atoms with Crippen molar-refractivity contribution in [1.29, 1.82) is 0 Å². The lowest BCUT2D eigenvalue weighted by atomic mass is 9.98. The SMILES string of the molecule is Cc1cc(C(N)c2cc(F)c(F)cc2Cl)ccc1Cl. The Morgan fingerprint density at radius 3 is 2.26 bits per heavy atom. The van der Waals surface area contributed by atoms with E-state index in [0.717, 1.165) is 23.3 Å². The summed E-state index contributed by atoms with van der Waals surface area (Å²) in [6.45, 7) is 1.84. The monoisotopic (exact) mass is 301 g/mol. The molecule has 0 radical (unpaired) electrons. The fourth-order valence-corrected chi connectivity index (χ4v) is 2.20. The van der Waals surface area contributed by atoms with Crippen LogP contribution >= 0.6 is 23.2 Å². The van der Waals surface area contributed by atoms with Crippen LogP contribution in [-0.4, -0.2) is 0 Å². The number of aryl methyl sites for hydroxylation is 1. The van der Waals surface area contributed by atoms with E-state index in [9.17, 15) is 8.78 Å². The van der Waals surface area contributed by atoms with Crippen LogP contribution in [0.15, 0.2) is 30.3 Å². The van der Waals surface area contributed by atoms with Gasteiger partial charge in [-0.1, -0.05) is 35.3 Å². The standard InChI is InChI=1S/C14H11Cl2F2N/c1-7-4-8(2-3-10(7)15)14(19)9-5-12(17)13(18)6-11(9)16/h2-6,14H,19H2,1H3. The fourth-order valence-electron chi connectivity index (χ4n) is 1.82. The Kier molecular flexibility index (Phi) is 4.09. The largest absolute Gasteiger partial charge is 0.320 e. The third-order valence-corrected chi connectivity index (χ3v) is 3.67. The molecule has 19 heavy (non-hydrogen) atoms. The Balaban J connectivity index is 2.46. The van der Waals surface area contributed by atoms with Crippen molar-refractivity contribution in [3.05, 3.63) is 68.7 Å². The van der Waals surface area contributed by atoms with Gasteiger partial charge in [-0.2, -0.15) is 0 Å². The van der Waals surface area contributed by atoms with E-state index < -0.39 is 17.7 Å². The van der Waals surface area contributed by atoms with E-state index in [2.05, 4.69) is 0 Å². The number of halogens is 4. The summed E-state index contributed by atoms with van der Waals surface area (Å²) in [6, 6.07) is 6.54. The Morgan fingerprint density at radius 2 is 1.63 bits per heavy atom.